The van der Waals surface area contributed by atoms with Crippen LogP contribution in [0.15, 0.2) is 54.7 Å². The predicted molar refractivity (Wildman–Crippen MR) is 99.8 cm³/mol. The molecule has 0 radical (unpaired) electrons. The maximum atomic E-state index is 9.18. The van der Waals surface area contributed by atoms with Crippen molar-refractivity contribution in [1.82, 2.24) is 15.2 Å². The highest BCUT2D eigenvalue weighted by Gasteiger charge is 2.09. The van der Waals surface area contributed by atoms with Gasteiger partial charge in [0.15, 0.2) is 5.82 Å². The van der Waals surface area contributed by atoms with Gasteiger partial charge in [0.2, 0.25) is 5.95 Å². The number of nitrogens with one attached hydrogen (secondary N) is 2. The van der Waals surface area contributed by atoms with E-state index in [-0.39, 0.29) is 6.10 Å². The molecule has 130 valence electrons. The summed E-state index contributed by atoms with van der Waals surface area (Å²) < 4.78 is 5.78. The van der Waals surface area contributed by atoms with Gasteiger partial charge >= 0.3 is 0 Å². The first-order valence-electron chi connectivity index (χ1n) is 8.14. The molecule has 3 rings (SSSR count). The first kappa shape index (κ1) is 17.2. The van der Waals surface area contributed by atoms with Crippen LogP contribution in [0.5, 0.6) is 5.75 Å². The molecule has 0 aliphatic carbocycles. The first-order valence-corrected chi connectivity index (χ1v) is 8.14. The van der Waals surface area contributed by atoms with E-state index in [9.17, 15) is 5.26 Å². The van der Waals surface area contributed by atoms with Crippen molar-refractivity contribution in [1.29, 1.82) is 5.26 Å². The van der Waals surface area contributed by atoms with Gasteiger partial charge in [0, 0.05) is 0 Å². The van der Waals surface area contributed by atoms with Gasteiger partial charge in [-0.2, -0.15) is 15.3 Å². The number of hydrogen-bond acceptors (Lipinski definition) is 7. The van der Waals surface area contributed by atoms with Gasteiger partial charge < -0.3 is 15.4 Å². The lowest BCUT2D eigenvalue weighted by atomic mass is 10.2. The minimum atomic E-state index is 0.0486. The zero-order chi connectivity index (χ0) is 18.4. The molecular formula is C19H18N6O. The summed E-state index contributed by atoms with van der Waals surface area (Å²) in [5.74, 6) is 1.51. The van der Waals surface area contributed by atoms with Crippen LogP contribution < -0.4 is 15.4 Å². The zero-order valence-electron chi connectivity index (χ0n) is 14.5. The Hall–Kier alpha value is -3.66. The summed E-state index contributed by atoms with van der Waals surface area (Å²) in [7, 11) is 0. The molecule has 3 aromatic rings. The zero-order valence-corrected chi connectivity index (χ0v) is 14.5. The second-order valence-corrected chi connectivity index (χ2v) is 5.74. The Labute approximate surface area is 151 Å². The molecule has 0 saturated heterocycles. The fourth-order valence-corrected chi connectivity index (χ4v) is 2.29. The average molecular weight is 346 g/mol. The molecule has 2 N–H and O–H groups in total. The fraction of sp³-hybridized carbons (Fsp3) is 0.158. The molecule has 0 spiro atoms. The number of nitriles is 1. The molecule has 7 heteroatoms. The van der Waals surface area contributed by atoms with Gasteiger partial charge in [-0.1, -0.05) is 24.3 Å². The van der Waals surface area contributed by atoms with Crippen molar-refractivity contribution in [2.24, 2.45) is 0 Å². The van der Waals surface area contributed by atoms with E-state index >= 15 is 0 Å². The van der Waals surface area contributed by atoms with Crippen molar-refractivity contribution < 1.29 is 4.74 Å². The topological polar surface area (TPSA) is 95.8 Å². The van der Waals surface area contributed by atoms with Crippen molar-refractivity contribution in [3.63, 3.8) is 0 Å². The Morgan fingerprint density at radius 3 is 2.50 bits per heavy atom. The van der Waals surface area contributed by atoms with Crippen molar-refractivity contribution in [2.45, 2.75) is 20.0 Å². The van der Waals surface area contributed by atoms with Crippen molar-refractivity contribution in [2.75, 3.05) is 10.6 Å². The van der Waals surface area contributed by atoms with Crippen molar-refractivity contribution in [3.8, 4) is 11.8 Å². The van der Waals surface area contributed by atoms with Crippen LogP contribution in [-0.2, 0) is 0 Å². The summed E-state index contributed by atoms with van der Waals surface area (Å²) in [4.78, 5) is 4.40. The molecule has 1 aromatic heterocycles. The Balaban J connectivity index is 1.82. The third kappa shape index (κ3) is 4.24. The van der Waals surface area contributed by atoms with Crippen molar-refractivity contribution in [3.05, 3.63) is 60.3 Å². The highest BCUT2D eigenvalue weighted by Crippen LogP contribution is 2.27. The second kappa shape index (κ2) is 7.94. The Morgan fingerprint density at radius 1 is 1.00 bits per heavy atom. The Bertz CT molecular complexity index is 935. The van der Waals surface area contributed by atoms with Crippen LogP contribution in [-0.4, -0.2) is 21.3 Å². The highest BCUT2D eigenvalue weighted by atomic mass is 16.5. The van der Waals surface area contributed by atoms with E-state index in [4.69, 9.17) is 4.74 Å². The maximum absolute atomic E-state index is 9.18. The van der Waals surface area contributed by atoms with Crippen LogP contribution in [0.2, 0.25) is 0 Å². The summed E-state index contributed by atoms with van der Waals surface area (Å²) in [5, 5.41) is 23.4. The van der Waals surface area contributed by atoms with E-state index < -0.39 is 0 Å². The molecule has 0 fully saturated rings. The third-order valence-corrected chi connectivity index (χ3v) is 3.37. The van der Waals surface area contributed by atoms with E-state index in [0.29, 0.717) is 28.8 Å². The van der Waals surface area contributed by atoms with Gasteiger partial charge in [0.05, 0.1) is 29.2 Å². The molecule has 26 heavy (non-hydrogen) atoms. The van der Waals surface area contributed by atoms with Gasteiger partial charge in [-0.3, -0.25) is 0 Å². The van der Waals surface area contributed by atoms with Crippen LogP contribution in [0.25, 0.3) is 0 Å². The lowest BCUT2D eigenvalue weighted by Crippen LogP contribution is -2.08. The van der Waals surface area contributed by atoms with Gasteiger partial charge in [0.1, 0.15) is 11.8 Å². The molecule has 1 heterocycles. The lowest BCUT2D eigenvalue weighted by Gasteiger charge is -2.14. The number of hydrogen-bond donors (Lipinski definition) is 2. The van der Waals surface area contributed by atoms with Crippen LogP contribution in [0.3, 0.4) is 0 Å². The molecular weight excluding hydrogens is 328 g/mol. The van der Waals surface area contributed by atoms with E-state index in [1.54, 1.807) is 18.2 Å². The molecule has 0 aliphatic rings. The average Bonchev–Trinajstić information content (AvgIpc) is 2.64. The predicted octanol–water partition coefficient (Wildman–Crippen LogP) is 4.02. The molecule has 2 aromatic carbocycles. The minimum Gasteiger partial charge on any atom is -0.489 e. The molecule has 0 bridgehead atoms. The molecule has 0 amide bonds. The number of rotatable bonds is 6. The largest absolute Gasteiger partial charge is 0.489 e. The first-order chi connectivity index (χ1) is 12.7. The number of aromatic nitrogens is 3. The quantitative estimate of drug-likeness (QED) is 0.696. The summed E-state index contributed by atoms with van der Waals surface area (Å²) in [6.45, 7) is 3.93. The summed E-state index contributed by atoms with van der Waals surface area (Å²) >= 11 is 0. The maximum Gasteiger partial charge on any atom is 0.249 e. The number of ether oxygens (including phenoxy) is 1. The van der Waals surface area contributed by atoms with Gasteiger partial charge in [-0.25, -0.2) is 0 Å². The Kier molecular flexibility index (Phi) is 5.25. The molecule has 0 aliphatic heterocycles. The van der Waals surface area contributed by atoms with Crippen LogP contribution in [0, 0.1) is 11.3 Å². The third-order valence-electron chi connectivity index (χ3n) is 3.37. The van der Waals surface area contributed by atoms with Gasteiger partial charge in [-0.05, 0) is 38.1 Å². The number of para-hydroxylation sites is 3. The van der Waals surface area contributed by atoms with Crippen LogP contribution >= 0.6 is 0 Å². The molecule has 0 unspecified atom stereocenters. The second-order valence-electron chi connectivity index (χ2n) is 5.74. The van der Waals surface area contributed by atoms with Gasteiger partial charge in [0.25, 0.3) is 0 Å². The Morgan fingerprint density at radius 2 is 1.73 bits per heavy atom. The molecule has 7 nitrogen and oxygen atoms in total. The summed E-state index contributed by atoms with van der Waals surface area (Å²) in [6, 6.07) is 16.9. The van der Waals surface area contributed by atoms with Crippen LogP contribution in [0.1, 0.15) is 19.4 Å². The molecule has 0 atom stereocenters. The highest BCUT2D eigenvalue weighted by molar-refractivity contribution is 5.66. The summed E-state index contributed by atoms with van der Waals surface area (Å²) in [6.07, 6.45) is 1.54. The molecule has 0 saturated carbocycles. The smallest absolute Gasteiger partial charge is 0.249 e. The number of nitrogens with zero attached hydrogens (tertiary/aromatic N) is 4. The number of anilines is 4. The monoisotopic (exact) mass is 346 g/mol. The minimum absolute atomic E-state index is 0.0486. The van der Waals surface area contributed by atoms with E-state index in [2.05, 4.69) is 31.9 Å². The number of benzene rings is 2. The van der Waals surface area contributed by atoms with E-state index in [1.165, 1.54) is 6.20 Å². The summed E-state index contributed by atoms with van der Waals surface area (Å²) in [5.41, 5.74) is 1.93. The van der Waals surface area contributed by atoms with Crippen LogP contribution in [0.4, 0.5) is 23.1 Å². The lowest BCUT2D eigenvalue weighted by molar-refractivity contribution is 0.244. The van der Waals surface area contributed by atoms with Crippen molar-refractivity contribution >= 4 is 23.1 Å². The normalized spacial score (nSPS) is 10.2. The standard InChI is InChI=1S/C19H18N6O/c1-13(2)26-17-10-6-5-9-16(17)23-19-24-18(12-21-25-19)22-15-8-4-3-7-14(15)11-20/h3-10,12-13H,1-2H3,(H2,22,23,24,25). The van der Waals surface area contributed by atoms with E-state index in [0.717, 1.165) is 5.69 Å². The fourth-order valence-electron chi connectivity index (χ4n) is 2.29. The van der Waals surface area contributed by atoms with Gasteiger partial charge in [-0.15, -0.1) is 5.10 Å². The van der Waals surface area contributed by atoms with E-state index in [1.807, 2.05) is 44.2 Å². The SMILES string of the molecule is CC(C)Oc1ccccc1Nc1nncc(Nc2ccccc2C#N)n1.